The lowest BCUT2D eigenvalue weighted by molar-refractivity contribution is -0.136. The minimum Gasteiger partial charge on any atom is -0.493 e. The molecule has 29 heavy (non-hydrogen) atoms. The van der Waals surface area contributed by atoms with E-state index in [0.717, 1.165) is 5.56 Å². The van der Waals surface area contributed by atoms with E-state index >= 15 is 0 Å². The van der Waals surface area contributed by atoms with E-state index in [1.807, 2.05) is 0 Å². The van der Waals surface area contributed by atoms with Crippen LogP contribution in [0.15, 0.2) is 46.9 Å². The Hall–Kier alpha value is -3.88. The molecule has 2 aromatic carbocycles. The van der Waals surface area contributed by atoms with Gasteiger partial charge in [0.15, 0.2) is 11.5 Å². The minimum absolute atomic E-state index is 0.169. The number of hydrogen-bond acceptors (Lipinski definition) is 7. The van der Waals surface area contributed by atoms with Crippen LogP contribution < -0.4 is 20.1 Å². The molecule has 0 radical (unpaired) electrons. The number of nitrogens with zero attached hydrogens (tertiary/aromatic N) is 2. The smallest absolute Gasteiger partial charge is 0.313 e. The first-order valence-electron chi connectivity index (χ1n) is 8.70. The van der Waals surface area contributed by atoms with Crippen LogP contribution in [0.25, 0.3) is 11.5 Å². The summed E-state index contributed by atoms with van der Waals surface area (Å²) in [5.41, 5.74) is 1.95. The maximum Gasteiger partial charge on any atom is 0.313 e. The van der Waals surface area contributed by atoms with Crippen molar-refractivity contribution in [2.45, 2.75) is 13.5 Å². The molecule has 2 amide bonds. The Morgan fingerprint density at radius 2 is 1.69 bits per heavy atom. The zero-order valence-electron chi connectivity index (χ0n) is 16.2. The lowest BCUT2D eigenvalue weighted by Gasteiger charge is -2.10. The zero-order valence-corrected chi connectivity index (χ0v) is 16.2. The van der Waals surface area contributed by atoms with E-state index in [2.05, 4.69) is 20.8 Å². The number of benzene rings is 2. The Labute approximate surface area is 167 Å². The van der Waals surface area contributed by atoms with Gasteiger partial charge in [-0.3, -0.25) is 9.59 Å². The number of nitrogens with one attached hydrogen (secondary N) is 2. The van der Waals surface area contributed by atoms with Gasteiger partial charge in [-0.2, -0.15) is 0 Å². The number of aryl methyl sites for hydroxylation is 1. The predicted octanol–water partition coefficient (Wildman–Crippen LogP) is 2.32. The Morgan fingerprint density at radius 1 is 0.966 bits per heavy atom. The molecule has 2 N–H and O–H groups in total. The summed E-state index contributed by atoms with van der Waals surface area (Å²) in [7, 11) is 3.07. The van der Waals surface area contributed by atoms with Gasteiger partial charge in [0, 0.05) is 24.7 Å². The lowest BCUT2D eigenvalue weighted by Crippen LogP contribution is -2.34. The van der Waals surface area contributed by atoms with E-state index in [0.29, 0.717) is 34.5 Å². The molecule has 0 spiro atoms. The highest BCUT2D eigenvalue weighted by molar-refractivity contribution is 6.39. The zero-order chi connectivity index (χ0) is 20.8. The fourth-order valence-corrected chi connectivity index (χ4v) is 2.55. The third kappa shape index (κ3) is 4.89. The molecule has 0 saturated heterocycles. The van der Waals surface area contributed by atoms with Gasteiger partial charge in [-0.05, 0) is 42.0 Å². The number of ether oxygens (including phenoxy) is 2. The van der Waals surface area contributed by atoms with Gasteiger partial charge in [-0.1, -0.05) is 6.07 Å². The van der Waals surface area contributed by atoms with Crippen molar-refractivity contribution in [1.29, 1.82) is 0 Å². The van der Waals surface area contributed by atoms with Crippen molar-refractivity contribution in [3.63, 3.8) is 0 Å². The second kappa shape index (κ2) is 8.87. The van der Waals surface area contributed by atoms with Crippen LogP contribution >= 0.6 is 0 Å². The second-order valence-corrected chi connectivity index (χ2v) is 6.03. The predicted molar refractivity (Wildman–Crippen MR) is 104 cm³/mol. The van der Waals surface area contributed by atoms with Crippen LogP contribution in [-0.4, -0.2) is 36.2 Å². The van der Waals surface area contributed by atoms with Crippen LogP contribution in [-0.2, 0) is 16.1 Å². The second-order valence-electron chi connectivity index (χ2n) is 6.03. The molecule has 3 aromatic rings. The van der Waals surface area contributed by atoms with Gasteiger partial charge in [0.2, 0.25) is 11.8 Å². The van der Waals surface area contributed by atoms with E-state index < -0.39 is 11.8 Å². The number of aromatic nitrogens is 2. The third-order valence-corrected chi connectivity index (χ3v) is 4.02. The summed E-state index contributed by atoms with van der Waals surface area (Å²) in [6.07, 6.45) is 0. The molecule has 150 valence electrons. The van der Waals surface area contributed by atoms with E-state index in [1.165, 1.54) is 7.11 Å². The van der Waals surface area contributed by atoms with Crippen LogP contribution in [0.3, 0.4) is 0 Å². The van der Waals surface area contributed by atoms with Crippen LogP contribution in [0.1, 0.15) is 11.5 Å². The first kappa shape index (κ1) is 19.9. The SMILES string of the molecule is COc1ccc(CNC(=O)C(=O)Nc2ccc(-c3nnc(C)o3)cc2)cc1OC. The standard InChI is InChI=1S/C20H20N4O5/c1-12-23-24-20(29-12)14-5-7-15(8-6-14)22-19(26)18(25)21-11-13-4-9-16(27-2)17(10-13)28-3/h4-10H,11H2,1-3H3,(H,21,25)(H,22,26). The van der Waals surface area contributed by atoms with Gasteiger partial charge >= 0.3 is 11.8 Å². The molecular weight excluding hydrogens is 376 g/mol. The lowest BCUT2D eigenvalue weighted by atomic mass is 10.2. The topological polar surface area (TPSA) is 116 Å². The number of rotatable bonds is 6. The van der Waals surface area contributed by atoms with Gasteiger partial charge in [0.1, 0.15) is 0 Å². The van der Waals surface area contributed by atoms with E-state index in [9.17, 15) is 9.59 Å². The van der Waals surface area contributed by atoms with E-state index in [1.54, 1.807) is 56.5 Å². The Morgan fingerprint density at radius 3 is 2.31 bits per heavy atom. The minimum atomic E-state index is -0.771. The average Bonchev–Trinajstić information content (AvgIpc) is 3.18. The van der Waals surface area contributed by atoms with Crippen molar-refractivity contribution >= 4 is 17.5 Å². The van der Waals surface area contributed by atoms with Crippen molar-refractivity contribution < 1.29 is 23.5 Å². The van der Waals surface area contributed by atoms with Gasteiger partial charge in [-0.15, -0.1) is 10.2 Å². The highest BCUT2D eigenvalue weighted by atomic mass is 16.5. The first-order valence-corrected chi connectivity index (χ1v) is 8.70. The van der Waals surface area contributed by atoms with Gasteiger partial charge in [0.25, 0.3) is 0 Å². The maximum absolute atomic E-state index is 12.1. The number of amides is 2. The van der Waals surface area contributed by atoms with E-state index in [4.69, 9.17) is 13.9 Å². The molecule has 0 fully saturated rings. The highest BCUT2D eigenvalue weighted by Crippen LogP contribution is 2.27. The van der Waals surface area contributed by atoms with Crippen molar-refractivity contribution in [2.75, 3.05) is 19.5 Å². The molecule has 1 heterocycles. The average molecular weight is 396 g/mol. The maximum atomic E-state index is 12.1. The Kier molecular flexibility index (Phi) is 6.08. The Balaban J connectivity index is 1.56. The van der Waals surface area contributed by atoms with Gasteiger partial charge < -0.3 is 24.5 Å². The van der Waals surface area contributed by atoms with Crippen molar-refractivity contribution in [3.05, 3.63) is 53.9 Å². The van der Waals surface area contributed by atoms with Crippen LogP contribution in [0.2, 0.25) is 0 Å². The number of methoxy groups -OCH3 is 2. The van der Waals surface area contributed by atoms with Crippen LogP contribution in [0, 0.1) is 6.92 Å². The summed E-state index contributed by atoms with van der Waals surface area (Å²) in [4.78, 5) is 24.2. The molecule has 9 heteroatoms. The van der Waals surface area contributed by atoms with Crippen molar-refractivity contribution in [1.82, 2.24) is 15.5 Å². The molecule has 0 atom stereocenters. The van der Waals surface area contributed by atoms with Crippen LogP contribution in [0.4, 0.5) is 5.69 Å². The molecule has 9 nitrogen and oxygen atoms in total. The third-order valence-electron chi connectivity index (χ3n) is 4.02. The molecule has 0 bridgehead atoms. The fourth-order valence-electron chi connectivity index (χ4n) is 2.55. The fraction of sp³-hybridized carbons (Fsp3) is 0.200. The summed E-state index contributed by atoms with van der Waals surface area (Å²) < 4.78 is 15.7. The number of carbonyl (C=O) groups excluding carboxylic acids is 2. The number of carbonyl (C=O) groups is 2. The quantitative estimate of drug-likeness (QED) is 0.614. The van der Waals surface area contributed by atoms with Gasteiger partial charge in [0.05, 0.1) is 14.2 Å². The molecule has 0 aliphatic carbocycles. The largest absolute Gasteiger partial charge is 0.493 e. The monoisotopic (exact) mass is 396 g/mol. The van der Waals surface area contributed by atoms with Crippen molar-refractivity contribution in [2.24, 2.45) is 0 Å². The molecule has 1 aromatic heterocycles. The molecule has 0 unspecified atom stereocenters. The molecule has 0 saturated carbocycles. The normalized spacial score (nSPS) is 10.3. The van der Waals surface area contributed by atoms with E-state index in [-0.39, 0.29) is 6.54 Å². The first-order chi connectivity index (χ1) is 14.0. The van der Waals surface area contributed by atoms with Gasteiger partial charge in [-0.25, -0.2) is 0 Å². The molecule has 0 aliphatic rings. The molecule has 3 rings (SSSR count). The Bertz CT molecular complexity index is 1010. The summed E-state index contributed by atoms with van der Waals surface area (Å²) in [5, 5.41) is 12.8. The number of anilines is 1. The molecular formula is C20H20N4O5. The molecule has 0 aliphatic heterocycles. The summed E-state index contributed by atoms with van der Waals surface area (Å²) in [6, 6.07) is 12.0. The summed E-state index contributed by atoms with van der Waals surface area (Å²) >= 11 is 0. The van der Waals surface area contributed by atoms with Crippen molar-refractivity contribution in [3.8, 4) is 23.0 Å². The van der Waals surface area contributed by atoms with Crippen LogP contribution in [0.5, 0.6) is 11.5 Å². The number of hydrogen-bond donors (Lipinski definition) is 2. The summed E-state index contributed by atoms with van der Waals surface area (Å²) in [5.74, 6) is 0.444. The summed E-state index contributed by atoms with van der Waals surface area (Å²) in [6.45, 7) is 1.87. The highest BCUT2D eigenvalue weighted by Gasteiger charge is 2.14.